The van der Waals surface area contributed by atoms with Gasteiger partial charge in [-0.15, -0.1) is 23.1 Å². The average molecular weight is 383 g/mol. The molecule has 132 valence electrons. The molecular formula is C19H18N4OS2. The zero-order chi connectivity index (χ0) is 18.1. The molecule has 0 atom stereocenters. The van der Waals surface area contributed by atoms with Crippen LogP contribution in [0.5, 0.6) is 0 Å². The quantitative estimate of drug-likeness (QED) is 0.659. The predicted octanol–water partition coefficient (Wildman–Crippen LogP) is 4.36. The van der Waals surface area contributed by atoms with Crippen molar-refractivity contribution in [2.45, 2.75) is 25.2 Å². The van der Waals surface area contributed by atoms with E-state index in [1.165, 1.54) is 21.8 Å². The number of thiazole rings is 1. The predicted molar refractivity (Wildman–Crippen MR) is 106 cm³/mol. The molecule has 0 spiro atoms. The molecule has 4 rings (SSSR count). The summed E-state index contributed by atoms with van der Waals surface area (Å²) in [6.45, 7) is 4.67. The van der Waals surface area contributed by atoms with Gasteiger partial charge in [-0.1, -0.05) is 6.07 Å². The smallest absolute Gasteiger partial charge is 0.270 e. The minimum atomic E-state index is 0.00906. The van der Waals surface area contributed by atoms with Crippen LogP contribution in [0.4, 0.5) is 5.69 Å². The third-order valence-corrected chi connectivity index (χ3v) is 6.45. The zero-order valence-corrected chi connectivity index (χ0v) is 16.2. The number of carbonyl (C=O) groups is 1. The number of anilines is 1. The SMILES string of the molecule is Cc1ccc2c(c1)SCCCN2C(=O)c1sc(-c2ncccn2)nc1C. The van der Waals surface area contributed by atoms with E-state index >= 15 is 0 Å². The molecule has 0 N–H and O–H groups in total. The molecular weight excluding hydrogens is 364 g/mol. The molecule has 0 fully saturated rings. The van der Waals surface area contributed by atoms with Gasteiger partial charge in [-0.05, 0) is 49.8 Å². The Morgan fingerprint density at radius 1 is 1.19 bits per heavy atom. The van der Waals surface area contributed by atoms with Crippen LogP contribution in [0.25, 0.3) is 10.8 Å². The Morgan fingerprint density at radius 3 is 2.81 bits per heavy atom. The third kappa shape index (κ3) is 3.24. The van der Waals surface area contributed by atoms with Crippen molar-refractivity contribution in [1.29, 1.82) is 0 Å². The van der Waals surface area contributed by atoms with Gasteiger partial charge in [-0.3, -0.25) is 4.79 Å². The first kappa shape index (κ1) is 17.2. The highest BCUT2D eigenvalue weighted by atomic mass is 32.2. The molecule has 5 nitrogen and oxygen atoms in total. The minimum Gasteiger partial charge on any atom is -0.306 e. The van der Waals surface area contributed by atoms with Gasteiger partial charge in [0, 0.05) is 23.8 Å². The number of fused-ring (bicyclic) bond motifs is 1. The number of rotatable bonds is 2. The lowest BCUT2D eigenvalue weighted by atomic mass is 10.2. The first-order valence-corrected chi connectivity index (χ1v) is 10.2. The Hall–Kier alpha value is -2.25. The number of nitrogens with zero attached hydrogens (tertiary/aromatic N) is 4. The number of carbonyl (C=O) groups excluding carboxylic acids is 1. The first-order valence-electron chi connectivity index (χ1n) is 8.43. The first-order chi connectivity index (χ1) is 12.6. The fraction of sp³-hybridized carbons (Fsp3) is 0.263. The number of benzene rings is 1. The van der Waals surface area contributed by atoms with Gasteiger partial charge in [0.2, 0.25) is 0 Å². The Balaban J connectivity index is 1.71. The number of hydrogen-bond donors (Lipinski definition) is 0. The van der Waals surface area contributed by atoms with Crippen LogP contribution in [0.2, 0.25) is 0 Å². The minimum absolute atomic E-state index is 0.00906. The molecule has 1 aliphatic heterocycles. The van der Waals surface area contributed by atoms with Crippen LogP contribution in [0.15, 0.2) is 41.6 Å². The Kier molecular flexibility index (Phi) is 4.74. The normalized spacial score (nSPS) is 14.0. The van der Waals surface area contributed by atoms with Crippen LogP contribution in [0.1, 0.15) is 27.3 Å². The summed E-state index contributed by atoms with van der Waals surface area (Å²) < 4.78 is 0. The molecule has 7 heteroatoms. The van der Waals surface area contributed by atoms with Crippen molar-refractivity contribution in [3.05, 3.63) is 52.8 Å². The van der Waals surface area contributed by atoms with Gasteiger partial charge in [0.15, 0.2) is 10.8 Å². The molecule has 2 aromatic heterocycles. The Labute approximate surface area is 160 Å². The largest absolute Gasteiger partial charge is 0.306 e. The van der Waals surface area contributed by atoms with Crippen molar-refractivity contribution in [3.8, 4) is 10.8 Å². The summed E-state index contributed by atoms with van der Waals surface area (Å²) in [5, 5.41) is 0.680. The molecule has 1 aliphatic rings. The summed E-state index contributed by atoms with van der Waals surface area (Å²) in [4.78, 5) is 30.1. The van der Waals surface area contributed by atoms with Gasteiger partial charge in [0.1, 0.15) is 4.88 Å². The van der Waals surface area contributed by atoms with E-state index < -0.39 is 0 Å². The van der Waals surface area contributed by atoms with E-state index in [0.29, 0.717) is 15.7 Å². The summed E-state index contributed by atoms with van der Waals surface area (Å²) in [5.74, 6) is 1.59. The van der Waals surface area contributed by atoms with E-state index in [1.54, 1.807) is 18.5 Å². The van der Waals surface area contributed by atoms with Crippen LogP contribution >= 0.6 is 23.1 Å². The van der Waals surface area contributed by atoms with Crippen molar-refractivity contribution in [2.75, 3.05) is 17.2 Å². The molecule has 0 aliphatic carbocycles. The average Bonchev–Trinajstić information content (AvgIpc) is 2.92. The number of aryl methyl sites for hydroxylation is 2. The van der Waals surface area contributed by atoms with Crippen molar-refractivity contribution >= 4 is 34.7 Å². The molecule has 1 aromatic carbocycles. The van der Waals surface area contributed by atoms with Gasteiger partial charge in [0.05, 0.1) is 11.4 Å². The number of aromatic nitrogens is 3. The van der Waals surface area contributed by atoms with Crippen LogP contribution < -0.4 is 4.90 Å². The molecule has 3 heterocycles. The van der Waals surface area contributed by atoms with Crippen LogP contribution in [0.3, 0.4) is 0 Å². The van der Waals surface area contributed by atoms with Crippen molar-refractivity contribution in [2.24, 2.45) is 0 Å². The number of hydrogen-bond acceptors (Lipinski definition) is 6. The van der Waals surface area contributed by atoms with Crippen molar-refractivity contribution < 1.29 is 4.79 Å². The summed E-state index contributed by atoms with van der Waals surface area (Å²) in [5.41, 5.74) is 2.93. The second-order valence-electron chi connectivity index (χ2n) is 6.14. The molecule has 1 amide bonds. The summed E-state index contributed by atoms with van der Waals surface area (Å²) >= 11 is 3.19. The molecule has 0 unspecified atom stereocenters. The van der Waals surface area contributed by atoms with Crippen LogP contribution in [-0.4, -0.2) is 33.2 Å². The van der Waals surface area contributed by atoms with Crippen LogP contribution in [-0.2, 0) is 0 Å². The van der Waals surface area contributed by atoms with Gasteiger partial charge >= 0.3 is 0 Å². The molecule has 0 radical (unpaired) electrons. The fourth-order valence-corrected chi connectivity index (χ4v) is 4.97. The fourth-order valence-electron chi connectivity index (χ4n) is 2.92. The highest BCUT2D eigenvalue weighted by molar-refractivity contribution is 7.99. The standard InChI is InChI=1S/C19H18N4OS2/c1-12-5-6-14-15(11-12)25-10-4-9-23(14)19(24)16-13(2)22-18(26-16)17-20-7-3-8-21-17/h3,5-8,11H,4,9-10H2,1-2H3. The van der Waals surface area contributed by atoms with Gasteiger partial charge < -0.3 is 4.90 Å². The highest BCUT2D eigenvalue weighted by Crippen LogP contribution is 2.36. The van der Waals surface area contributed by atoms with Crippen molar-refractivity contribution in [3.63, 3.8) is 0 Å². The molecule has 0 saturated heterocycles. The second kappa shape index (κ2) is 7.17. The van der Waals surface area contributed by atoms with Crippen LogP contribution in [0, 0.1) is 13.8 Å². The maximum Gasteiger partial charge on any atom is 0.270 e. The number of thioether (sulfide) groups is 1. The molecule has 0 saturated carbocycles. The topological polar surface area (TPSA) is 59.0 Å². The lowest BCUT2D eigenvalue weighted by molar-refractivity contribution is 0.0990. The van der Waals surface area contributed by atoms with E-state index in [0.717, 1.165) is 30.1 Å². The zero-order valence-electron chi connectivity index (χ0n) is 14.6. The monoisotopic (exact) mass is 382 g/mol. The van der Waals surface area contributed by atoms with Gasteiger partial charge in [0.25, 0.3) is 5.91 Å². The van der Waals surface area contributed by atoms with Gasteiger partial charge in [-0.25, -0.2) is 15.0 Å². The highest BCUT2D eigenvalue weighted by Gasteiger charge is 2.26. The molecule has 0 bridgehead atoms. The van der Waals surface area contributed by atoms with Crippen molar-refractivity contribution in [1.82, 2.24) is 15.0 Å². The summed E-state index contributed by atoms with van der Waals surface area (Å²) in [6, 6.07) is 8.05. The molecule has 26 heavy (non-hydrogen) atoms. The second-order valence-corrected chi connectivity index (χ2v) is 8.27. The molecule has 3 aromatic rings. The lowest BCUT2D eigenvalue weighted by Crippen LogP contribution is -2.31. The van der Waals surface area contributed by atoms with E-state index in [-0.39, 0.29) is 5.91 Å². The summed E-state index contributed by atoms with van der Waals surface area (Å²) in [6.07, 6.45) is 4.34. The lowest BCUT2D eigenvalue weighted by Gasteiger charge is -2.22. The van der Waals surface area contributed by atoms with E-state index in [4.69, 9.17) is 0 Å². The third-order valence-electron chi connectivity index (χ3n) is 4.18. The van der Waals surface area contributed by atoms with Gasteiger partial charge in [-0.2, -0.15) is 0 Å². The maximum atomic E-state index is 13.3. The Morgan fingerprint density at radius 2 is 2.00 bits per heavy atom. The van der Waals surface area contributed by atoms with E-state index in [9.17, 15) is 4.79 Å². The van der Waals surface area contributed by atoms with E-state index in [2.05, 4.69) is 40.1 Å². The number of amides is 1. The summed E-state index contributed by atoms with van der Waals surface area (Å²) in [7, 11) is 0. The van der Waals surface area contributed by atoms with E-state index in [1.807, 2.05) is 23.6 Å². The Bertz CT molecular complexity index is 955. The maximum absolute atomic E-state index is 13.3.